The Balaban J connectivity index is 1.73. The van der Waals surface area contributed by atoms with Gasteiger partial charge in [-0.1, -0.05) is 19.3 Å². The Labute approximate surface area is 114 Å². The molecule has 1 aromatic rings. The van der Waals surface area contributed by atoms with Crippen LogP contribution in [0.25, 0.3) is 0 Å². The molecule has 1 heterocycles. The summed E-state index contributed by atoms with van der Waals surface area (Å²) in [6.45, 7) is 4.17. The number of amides is 1. The van der Waals surface area contributed by atoms with Gasteiger partial charge in [0.1, 0.15) is 0 Å². The maximum Gasteiger partial charge on any atom is 0.258 e. The smallest absolute Gasteiger partial charge is 0.258 e. The molecule has 5 heteroatoms. The zero-order valence-corrected chi connectivity index (χ0v) is 11.8. The lowest BCUT2D eigenvalue weighted by atomic mass is 9.95. The lowest BCUT2D eigenvalue weighted by molar-refractivity contribution is -0.124. The Morgan fingerprint density at radius 3 is 2.84 bits per heavy atom. The van der Waals surface area contributed by atoms with Gasteiger partial charge in [0, 0.05) is 12.1 Å². The van der Waals surface area contributed by atoms with Crippen molar-refractivity contribution in [3.63, 3.8) is 0 Å². The number of hydrogen-bond donors (Lipinski definition) is 1. The van der Waals surface area contributed by atoms with Crippen LogP contribution < -0.4 is 10.1 Å². The van der Waals surface area contributed by atoms with Gasteiger partial charge >= 0.3 is 0 Å². The van der Waals surface area contributed by atoms with Crippen LogP contribution >= 0.6 is 0 Å². The predicted octanol–water partition coefficient (Wildman–Crippen LogP) is 2.29. The van der Waals surface area contributed by atoms with Crippen molar-refractivity contribution in [3.8, 4) is 5.75 Å². The van der Waals surface area contributed by atoms with Crippen LogP contribution in [0.1, 0.15) is 52.0 Å². The Morgan fingerprint density at radius 1 is 1.47 bits per heavy atom. The van der Waals surface area contributed by atoms with Crippen molar-refractivity contribution < 1.29 is 9.53 Å². The number of carbonyl (C=O) groups is 1. The van der Waals surface area contributed by atoms with E-state index in [4.69, 9.17) is 4.74 Å². The molecule has 0 bridgehead atoms. The number of nitrogens with one attached hydrogen (secondary N) is 1. The number of aromatic nitrogens is 2. The highest BCUT2D eigenvalue weighted by Crippen LogP contribution is 2.17. The molecule has 0 spiro atoms. The van der Waals surface area contributed by atoms with Gasteiger partial charge in [0.15, 0.2) is 12.4 Å². The van der Waals surface area contributed by atoms with Crippen LogP contribution in [0, 0.1) is 0 Å². The average molecular weight is 265 g/mol. The van der Waals surface area contributed by atoms with Crippen molar-refractivity contribution in [2.24, 2.45) is 0 Å². The van der Waals surface area contributed by atoms with Crippen LogP contribution in [0.4, 0.5) is 0 Å². The van der Waals surface area contributed by atoms with E-state index in [9.17, 15) is 4.79 Å². The van der Waals surface area contributed by atoms with Gasteiger partial charge in [0.05, 0.1) is 12.4 Å². The first-order chi connectivity index (χ1) is 9.15. The Kier molecular flexibility index (Phi) is 4.82. The fourth-order valence-electron chi connectivity index (χ4n) is 2.34. The normalized spacial score (nSPS) is 16.6. The summed E-state index contributed by atoms with van der Waals surface area (Å²) in [4.78, 5) is 11.8. The highest BCUT2D eigenvalue weighted by atomic mass is 16.5. The van der Waals surface area contributed by atoms with E-state index < -0.39 is 0 Å². The standard InChI is InChI=1S/C14H23N3O2/c1-11(2)17-9-13(8-15-17)19-10-14(18)16-12-6-4-3-5-7-12/h8-9,11-12H,3-7,10H2,1-2H3,(H,16,18). The molecule has 2 rings (SSSR count). The molecule has 0 aromatic carbocycles. The van der Waals surface area contributed by atoms with Crippen LogP contribution in [-0.2, 0) is 4.79 Å². The lowest BCUT2D eigenvalue weighted by Crippen LogP contribution is -2.38. The van der Waals surface area contributed by atoms with Crippen molar-refractivity contribution in [1.29, 1.82) is 0 Å². The maximum absolute atomic E-state index is 11.8. The van der Waals surface area contributed by atoms with Crippen LogP contribution in [-0.4, -0.2) is 28.3 Å². The van der Waals surface area contributed by atoms with Crippen LogP contribution in [0.15, 0.2) is 12.4 Å². The monoisotopic (exact) mass is 265 g/mol. The molecule has 0 radical (unpaired) electrons. The predicted molar refractivity (Wildman–Crippen MR) is 73.1 cm³/mol. The second-order valence-corrected chi connectivity index (χ2v) is 5.44. The van der Waals surface area contributed by atoms with Crippen LogP contribution in [0.3, 0.4) is 0 Å². The number of ether oxygens (including phenoxy) is 1. The molecule has 5 nitrogen and oxygen atoms in total. The Hall–Kier alpha value is -1.52. The van der Waals surface area contributed by atoms with Gasteiger partial charge < -0.3 is 10.1 Å². The first-order valence-electron chi connectivity index (χ1n) is 7.11. The third-order valence-corrected chi connectivity index (χ3v) is 3.45. The minimum atomic E-state index is -0.0378. The molecule has 0 aliphatic heterocycles. The molecule has 1 aromatic heterocycles. The Bertz CT molecular complexity index is 409. The topological polar surface area (TPSA) is 56.1 Å². The second kappa shape index (κ2) is 6.59. The fourth-order valence-corrected chi connectivity index (χ4v) is 2.34. The summed E-state index contributed by atoms with van der Waals surface area (Å²) in [5.74, 6) is 0.608. The summed E-state index contributed by atoms with van der Waals surface area (Å²) in [5, 5.41) is 7.20. The SMILES string of the molecule is CC(C)n1cc(OCC(=O)NC2CCCCC2)cn1. The quantitative estimate of drug-likeness (QED) is 0.888. The third-order valence-electron chi connectivity index (χ3n) is 3.45. The van der Waals surface area contributed by atoms with Gasteiger partial charge in [0.2, 0.25) is 0 Å². The molecule has 0 saturated heterocycles. The molecule has 19 heavy (non-hydrogen) atoms. The number of hydrogen-bond acceptors (Lipinski definition) is 3. The summed E-state index contributed by atoms with van der Waals surface area (Å²) in [5.41, 5.74) is 0. The van der Waals surface area contributed by atoms with Gasteiger partial charge in [-0.2, -0.15) is 5.10 Å². The first-order valence-corrected chi connectivity index (χ1v) is 7.11. The van der Waals surface area contributed by atoms with Gasteiger partial charge in [-0.25, -0.2) is 0 Å². The molecule has 1 amide bonds. The van der Waals surface area contributed by atoms with Gasteiger partial charge in [-0.3, -0.25) is 9.48 Å². The van der Waals surface area contributed by atoms with Crippen molar-refractivity contribution in [3.05, 3.63) is 12.4 Å². The zero-order chi connectivity index (χ0) is 13.7. The molecule has 0 atom stereocenters. The molecule has 1 saturated carbocycles. The average Bonchev–Trinajstić information content (AvgIpc) is 2.86. The molecule has 1 N–H and O–H groups in total. The van der Waals surface area contributed by atoms with E-state index in [2.05, 4.69) is 10.4 Å². The Morgan fingerprint density at radius 2 is 2.21 bits per heavy atom. The summed E-state index contributed by atoms with van der Waals surface area (Å²) < 4.78 is 7.26. The molecule has 1 aliphatic rings. The minimum Gasteiger partial charge on any atom is -0.480 e. The van der Waals surface area contributed by atoms with E-state index in [1.54, 1.807) is 6.20 Å². The minimum absolute atomic E-state index is 0.0378. The summed E-state index contributed by atoms with van der Waals surface area (Å²) in [7, 11) is 0. The van der Waals surface area contributed by atoms with E-state index in [1.807, 2.05) is 24.7 Å². The highest BCUT2D eigenvalue weighted by Gasteiger charge is 2.16. The van der Waals surface area contributed by atoms with Crippen molar-refractivity contribution >= 4 is 5.91 Å². The highest BCUT2D eigenvalue weighted by molar-refractivity contribution is 5.77. The zero-order valence-electron chi connectivity index (χ0n) is 11.8. The largest absolute Gasteiger partial charge is 0.480 e. The van der Waals surface area contributed by atoms with Crippen molar-refractivity contribution in [2.45, 2.75) is 58.0 Å². The lowest BCUT2D eigenvalue weighted by Gasteiger charge is -2.22. The molecular weight excluding hydrogens is 242 g/mol. The molecule has 1 fully saturated rings. The van der Waals surface area contributed by atoms with E-state index in [0.29, 0.717) is 17.8 Å². The van der Waals surface area contributed by atoms with E-state index in [-0.39, 0.29) is 12.5 Å². The molecule has 0 unspecified atom stereocenters. The van der Waals surface area contributed by atoms with E-state index in [1.165, 1.54) is 19.3 Å². The van der Waals surface area contributed by atoms with Crippen molar-refractivity contribution in [2.75, 3.05) is 6.61 Å². The first kappa shape index (κ1) is 13.9. The summed E-state index contributed by atoms with van der Waals surface area (Å²) in [6, 6.07) is 0.636. The van der Waals surface area contributed by atoms with Gasteiger partial charge in [-0.15, -0.1) is 0 Å². The van der Waals surface area contributed by atoms with E-state index in [0.717, 1.165) is 12.8 Å². The summed E-state index contributed by atoms with van der Waals surface area (Å²) >= 11 is 0. The second-order valence-electron chi connectivity index (χ2n) is 5.44. The summed E-state index contributed by atoms with van der Waals surface area (Å²) in [6.07, 6.45) is 9.37. The number of carbonyl (C=O) groups excluding carboxylic acids is 1. The molecule has 106 valence electrons. The van der Waals surface area contributed by atoms with Crippen LogP contribution in [0.5, 0.6) is 5.75 Å². The van der Waals surface area contributed by atoms with Crippen molar-refractivity contribution in [1.82, 2.24) is 15.1 Å². The third kappa shape index (κ3) is 4.26. The van der Waals surface area contributed by atoms with Gasteiger partial charge in [-0.05, 0) is 26.7 Å². The maximum atomic E-state index is 11.8. The fraction of sp³-hybridized carbons (Fsp3) is 0.714. The van der Waals surface area contributed by atoms with E-state index >= 15 is 0 Å². The molecule has 1 aliphatic carbocycles. The number of nitrogens with zero attached hydrogens (tertiary/aromatic N) is 2. The van der Waals surface area contributed by atoms with Crippen LogP contribution in [0.2, 0.25) is 0 Å². The number of rotatable bonds is 5. The van der Waals surface area contributed by atoms with Gasteiger partial charge in [0.25, 0.3) is 5.91 Å². The molecular formula is C14H23N3O2.